The molecule has 1 rings (SSSR count). The molecule has 0 bridgehead atoms. The van der Waals surface area contributed by atoms with E-state index in [1.165, 1.54) is 39.0 Å². The maximum atomic E-state index is 5.55. The van der Waals surface area contributed by atoms with Crippen molar-refractivity contribution in [1.82, 2.24) is 9.80 Å². The fourth-order valence-corrected chi connectivity index (χ4v) is 1.99. The molecule has 2 N–H and O–H groups in total. The average Bonchev–Trinajstić information content (AvgIpc) is 2.67. The lowest BCUT2D eigenvalue weighted by atomic mass is 10.2. The number of likely N-dealkylation sites (N-methyl/N-ethyl adjacent to an activating group) is 1. The largest absolute Gasteiger partial charge is 0.330 e. The second-order valence-corrected chi connectivity index (χ2v) is 4.46. The number of hydrogen-bond acceptors (Lipinski definition) is 3. The van der Waals surface area contributed by atoms with E-state index in [4.69, 9.17) is 5.73 Å². The second kappa shape index (κ2) is 6.38. The molecule has 1 aliphatic rings. The molecule has 1 unspecified atom stereocenters. The summed E-state index contributed by atoms with van der Waals surface area (Å²) in [5, 5.41) is 0. The Labute approximate surface area is 88.2 Å². The first-order valence-electron chi connectivity index (χ1n) is 5.86. The van der Waals surface area contributed by atoms with Gasteiger partial charge in [0.05, 0.1) is 0 Å². The highest BCUT2D eigenvalue weighted by Gasteiger charge is 2.13. The van der Waals surface area contributed by atoms with E-state index in [1.54, 1.807) is 0 Å². The van der Waals surface area contributed by atoms with Gasteiger partial charge in [-0.2, -0.15) is 0 Å². The topological polar surface area (TPSA) is 32.5 Å². The molecule has 0 aromatic heterocycles. The van der Waals surface area contributed by atoms with Crippen molar-refractivity contribution in [3.8, 4) is 0 Å². The van der Waals surface area contributed by atoms with Crippen LogP contribution in [0.25, 0.3) is 0 Å². The van der Waals surface area contributed by atoms with Crippen LogP contribution in [0.1, 0.15) is 26.2 Å². The molecule has 1 fully saturated rings. The zero-order valence-corrected chi connectivity index (χ0v) is 9.71. The quantitative estimate of drug-likeness (QED) is 0.685. The average molecular weight is 199 g/mol. The molecule has 0 amide bonds. The summed E-state index contributed by atoms with van der Waals surface area (Å²) < 4.78 is 0. The molecule has 1 aliphatic heterocycles. The Balaban J connectivity index is 2.09. The van der Waals surface area contributed by atoms with Crippen LogP contribution in [0.2, 0.25) is 0 Å². The van der Waals surface area contributed by atoms with E-state index in [9.17, 15) is 0 Å². The van der Waals surface area contributed by atoms with E-state index >= 15 is 0 Å². The van der Waals surface area contributed by atoms with Gasteiger partial charge in [0.15, 0.2) is 0 Å². The summed E-state index contributed by atoms with van der Waals surface area (Å²) in [5.74, 6) is 0. The smallest absolute Gasteiger partial charge is 0.0109 e. The van der Waals surface area contributed by atoms with Crippen molar-refractivity contribution in [2.45, 2.75) is 32.2 Å². The molecule has 1 saturated heterocycles. The number of likely N-dealkylation sites (tertiary alicyclic amines) is 1. The molecule has 0 aliphatic carbocycles. The lowest BCUT2D eigenvalue weighted by Crippen LogP contribution is -2.37. The Morgan fingerprint density at radius 1 is 1.36 bits per heavy atom. The van der Waals surface area contributed by atoms with E-state index in [1.807, 2.05) is 0 Å². The third-order valence-electron chi connectivity index (χ3n) is 3.30. The SMILES string of the molecule is CC(CCN)N(C)CCN1CCCC1. The molecular formula is C11H25N3. The third-order valence-corrected chi connectivity index (χ3v) is 3.30. The summed E-state index contributed by atoms with van der Waals surface area (Å²) in [6, 6.07) is 0.627. The third kappa shape index (κ3) is 3.95. The molecule has 84 valence electrons. The van der Waals surface area contributed by atoms with Gasteiger partial charge in [0.2, 0.25) is 0 Å². The van der Waals surface area contributed by atoms with Crippen LogP contribution in [0.3, 0.4) is 0 Å². The van der Waals surface area contributed by atoms with Gasteiger partial charge in [0.25, 0.3) is 0 Å². The fraction of sp³-hybridized carbons (Fsp3) is 1.00. The molecule has 1 heterocycles. The highest BCUT2D eigenvalue weighted by Crippen LogP contribution is 2.07. The van der Waals surface area contributed by atoms with Crippen molar-refractivity contribution in [2.75, 3.05) is 39.8 Å². The molecule has 1 atom stereocenters. The van der Waals surface area contributed by atoms with E-state index in [0.717, 1.165) is 13.0 Å². The lowest BCUT2D eigenvalue weighted by Gasteiger charge is -2.26. The summed E-state index contributed by atoms with van der Waals surface area (Å²) in [4.78, 5) is 4.98. The van der Waals surface area contributed by atoms with Gasteiger partial charge < -0.3 is 15.5 Å². The molecule has 3 heteroatoms. The molecule has 0 aromatic carbocycles. The molecule has 0 radical (unpaired) electrons. The van der Waals surface area contributed by atoms with E-state index in [2.05, 4.69) is 23.8 Å². The van der Waals surface area contributed by atoms with E-state index < -0.39 is 0 Å². The monoisotopic (exact) mass is 199 g/mol. The van der Waals surface area contributed by atoms with Gasteiger partial charge in [0, 0.05) is 19.1 Å². The van der Waals surface area contributed by atoms with Crippen molar-refractivity contribution in [2.24, 2.45) is 5.73 Å². The number of nitrogens with zero attached hydrogens (tertiary/aromatic N) is 2. The Kier molecular flexibility index (Phi) is 5.45. The van der Waals surface area contributed by atoms with Gasteiger partial charge in [-0.1, -0.05) is 0 Å². The first kappa shape index (κ1) is 12.0. The summed E-state index contributed by atoms with van der Waals surface area (Å²) >= 11 is 0. The van der Waals surface area contributed by atoms with Crippen LogP contribution in [0, 0.1) is 0 Å². The summed E-state index contributed by atoms with van der Waals surface area (Å²) in [5.41, 5.74) is 5.55. The van der Waals surface area contributed by atoms with Crippen LogP contribution in [0.5, 0.6) is 0 Å². The van der Waals surface area contributed by atoms with Crippen molar-refractivity contribution >= 4 is 0 Å². The highest BCUT2D eigenvalue weighted by atomic mass is 15.2. The predicted molar refractivity (Wildman–Crippen MR) is 61.4 cm³/mol. The van der Waals surface area contributed by atoms with Crippen molar-refractivity contribution < 1.29 is 0 Å². The van der Waals surface area contributed by atoms with Crippen LogP contribution in [-0.2, 0) is 0 Å². The Hall–Kier alpha value is -0.120. The van der Waals surface area contributed by atoms with Gasteiger partial charge in [0.1, 0.15) is 0 Å². The molecule has 0 aromatic rings. The van der Waals surface area contributed by atoms with Crippen molar-refractivity contribution in [3.05, 3.63) is 0 Å². The first-order chi connectivity index (χ1) is 6.74. The van der Waals surface area contributed by atoms with Gasteiger partial charge in [-0.05, 0) is 52.9 Å². The normalized spacial score (nSPS) is 20.6. The van der Waals surface area contributed by atoms with Crippen molar-refractivity contribution in [1.29, 1.82) is 0 Å². The van der Waals surface area contributed by atoms with Crippen LogP contribution in [-0.4, -0.2) is 55.6 Å². The number of hydrogen-bond donors (Lipinski definition) is 1. The molecule has 14 heavy (non-hydrogen) atoms. The first-order valence-corrected chi connectivity index (χ1v) is 5.86. The number of nitrogens with two attached hydrogens (primary N) is 1. The highest BCUT2D eigenvalue weighted by molar-refractivity contribution is 4.70. The minimum atomic E-state index is 0.627. The van der Waals surface area contributed by atoms with Crippen LogP contribution in [0.4, 0.5) is 0 Å². The Morgan fingerprint density at radius 3 is 2.57 bits per heavy atom. The molecule has 0 saturated carbocycles. The Morgan fingerprint density at radius 2 is 2.00 bits per heavy atom. The molecular weight excluding hydrogens is 174 g/mol. The van der Waals surface area contributed by atoms with Crippen LogP contribution < -0.4 is 5.73 Å². The van der Waals surface area contributed by atoms with Gasteiger partial charge >= 0.3 is 0 Å². The minimum absolute atomic E-state index is 0.627. The van der Waals surface area contributed by atoms with Gasteiger partial charge in [-0.3, -0.25) is 0 Å². The fourth-order valence-electron chi connectivity index (χ4n) is 1.99. The lowest BCUT2D eigenvalue weighted by molar-refractivity contribution is 0.209. The van der Waals surface area contributed by atoms with Crippen LogP contribution >= 0.6 is 0 Å². The summed E-state index contributed by atoms with van der Waals surface area (Å²) in [6.07, 6.45) is 3.89. The maximum absolute atomic E-state index is 5.55. The van der Waals surface area contributed by atoms with E-state index in [0.29, 0.717) is 6.04 Å². The zero-order chi connectivity index (χ0) is 10.4. The standard InChI is InChI=1S/C11H25N3/c1-11(5-6-12)13(2)9-10-14-7-3-4-8-14/h11H,3-10,12H2,1-2H3. The van der Waals surface area contributed by atoms with Gasteiger partial charge in [-0.25, -0.2) is 0 Å². The molecule has 3 nitrogen and oxygen atoms in total. The summed E-state index contributed by atoms with van der Waals surface area (Å²) in [7, 11) is 2.20. The Bertz CT molecular complexity index is 143. The minimum Gasteiger partial charge on any atom is -0.330 e. The maximum Gasteiger partial charge on any atom is 0.0109 e. The van der Waals surface area contributed by atoms with E-state index in [-0.39, 0.29) is 0 Å². The zero-order valence-electron chi connectivity index (χ0n) is 9.71. The number of rotatable bonds is 6. The molecule has 0 spiro atoms. The second-order valence-electron chi connectivity index (χ2n) is 4.46. The van der Waals surface area contributed by atoms with Crippen molar-refractivity contribution in [3.63, 3.8) is 0 Å². The van der Waals surface area contributed by atoms with Crippen LogP contribution in [0.15, 0.2) is 0 Å². The predicted octanol–water partition coefficient (Wildman–Crippen LogP) is 0.751. The summed E-state index contributed by atoms with van der Waals surface area (Å²) in [6.45, 7) is 8.08. The van der Waals surface area contributed by atoms with Gasteiger partial charge in [-0.15, -0.1) is 0 Å².